The largest absolute Gasteiger partial charge is 0.497 e. The second-order valence-electron chi connectivity index (χ2n) is 4.78. The highest BCUT2D eigenvalue weighted by molar-refractivity contribution is 7.09. The molecule has 0 aliphatic rings. The fourth-order valence-corrected chi connectivity index (χ4v) is 2.72. The van der Waals surface area contributed by atoms with Crippen LogP contribution in [0.15, 0.2) is 23.6 Å². The third kappa shape index (κ3) is 3.94. The highest BCUT2D eigenvalue weighted by Gasteiger charge is 2.25. The monoisotopic (exact) mass is 348 g/mol. The molecule has 0 bridgehead atoms. The number of aryl methyl sites for hydroxylation is 1. The lowest BCUT2D eigenvalue weighted by Gasteiger charge is -2.08. The lowest BCUT2D eigenvalue weighted by Crippen LogP contribution is -2.20. The number of halogens is 1. The normalized spacial score (nSPS) is 11.4. The molecule has 124 valence electrons. The van der Waals surface area contributed by atoms with Crippen molar-refractivity contribution in [1.82, 2.24) is 4.98 Å². The zero-order valence-electron chi connectivity index (χ0n) is 12.9. The van der Waals surface area contributed by atoms with Crippen LogP contribution < -0.4 is 4.74 Å². The predicted octanol–water partition coefficient (Wildman–Crippen LogP) is 2.63. The molecule has 6 nitrogen and oxygen atoms in total. The summed E-state index contributed by atoms with van der Waals surface area (Å²) in [6.07, 6.45) is 0. The Morgan fingerprint density at radius 2 is 2.21 bits per heavy atom. The van der Waals surface area contributed by atoms with Gasteiger partial charge in [0.2, 0.25) is 0 Å². The minimum absolute atomic E-state index is 0.254. The Bertz CT molecular complexity index is 813. The molecule has 0 saturated heterocycles. The number of hydrogen-bond donors (Lipinski definition) is 0. The molecule has 0 spiro atoms. The number of ketones is 1. The smallest absolute Gasteiger partial charge is 0.341 e. The van der Waals surface area contributed by atoms with E-state index in [1.165, 1.54) is 30.6 Å². The van der Waals surface area contributed by atoms with Crippen LogP contribution in [0.4, 0.5) is 4.39 Å². The number of thiazole rings is 1. The number of esters is 1. The summed E-state index contributed by atoms with van der Waals surface area (Å²) in [5.74, 6) is -3.29. The van der Waals surface area contributed by atoms with Crippen LogP contribution in [0.25, 0.3) is 0 Å². The fourth-order valence-electron chi connectivity index (χ4n) is 1.86. The first-order valence-corrected chi connectivity index (χ1v) is 7.69. The Labute approximate surface area is 141 Å². The molecule has 0 saturated carbocycles. The summed E-state index contributed by atoms with van der Waals surface area (Å²) in [7, 11) is 1.37. The number of benzene rings is 1. The molecule has 2 aromatic rings. The van der Waals surface area contributed by atoms with E-state index in [1.807, 2.05) is 6.07 Å². The molecule has 2 rings (SSSR count). The van der Waals surface area contributed by atoms with Crippen molar-refractivity contribution >= 4 is 23.1 Å². The van der Waals surface area contributed by atoms with Gasteiger partial charge in [0, 0.05) is 17.1 Å². The Morgan fingerprint density at radius 1 is 1.46 bits per heavy atom. The fraction of sp³-hybridized carbons (Fsp3) is 0.250. The first-order chi connectivity index (χ1) is 11.5. The molecule has 1 aromatic carbocycles. The van der Waals surface area contributed by atoms with E-state index in [0.717, 1.165) is 6.07 Å². The molecular formula is C16H13FN2O4S. The zero-order valence-corrected chi connectivity index (χ0v) is 13.7. The van der Waals surface area contributed by atoms with Gasteiger partial charge in [-0.2, -0.15) is 5.26 Å². The maximum absolute atomic E-state index is 13.8. The summed E-state index contributed by atoms with van der Waals surface area (Å²) in [5.41, 5.74) is 0.377. The van der Waals surface area contributed by atoms with Crippen molar-refractivity contribution in [1.29, 1.82) is 5.26 Å². The van der Waals surface area contributed by atoms with Crippen molar-refractivity contribution < 1.29 is 23.5 Å². The van der Waals surface area contributed by atoms with Gasteiger partial charge in [-0.1, -0.05) is 0 Å². The molecule has 1 atom stereocenters. The van der Waals surface area contributed by atoms with Crippen LogP contribution in [-0.2, 0) is 9.53 Å². The van der Waals surface area contributed by atoms with Crippen molar-refractivity contribution in [2.75, 3.05) is 13.7 Å². The van der Waals surface area contributed by atoms with E-state index in [2.05, 4.69) is 4.98 Å². The number of carbonyl (C=O) groups excluding carboxylic acids is 2. The summed E-state index contributed by atoms with van der Waals surface area (Å²) in [4.78, 5) is 28.0. The van der Waals surface area contributed by atoms with Crippen LogP contribution in [0, 0.1) is 24.1 Å². The van der Waals surface area contributed by atoms with Gasteiger partial charge in [0.05, 0.1) is 18.7 Å². The van der Waals surface area contributed by atoms with E-state index in [-0.39, 0.29) is 11.3 Å². The van der Waals surface area contributed by atoms with E-state index in [4.69, 9.17) is 14.7 Å². The van der Waals surface area contributed by atoms with Crippen molar-refractivity contribution in [3.63, 3.8) is 0 Å². The van der Waals surface area contributed by atoms with Crippen LogP contribution >= 0.6 is 11.3 Å². The van der Waals surface area contributed by atoms with Gasteiger partial charge in [-0.05, 0) is 19.1 Å². The van der Waals surface area contributed by atoms with Crippen molar-refractivity contribution in [2.24, 2.45) is 0 Å². The molecule has 0 fully saturated rings. The molecule has 0 aliphatic heterocycles. The summed E-state index contributed by atoms with van der Waals surface area (Å²) < 4.78 is 23.4. The molecule has 1 aromatic heterocycles. The van der Waals surface area contributed by atoms with Gasteiger partial charge in [0.1, 0.15) is 16.6 Å². The number of rotatable bonds is 6. The van der Waals surface area contributed by atoms with Gasteiger partial charge in [-0.3, -0.25) is 4.79 Å². The Kier molecular flexibility index (Phi) is 5.60. The maximum atomic E-state index is 13.8. The van der Waals surface area contributed by atoms with Crippen molar-refractivity contribution in [3.05, 3.63) is 45.7 Å². The van der Waals surface area contributed by atoms with E-state index >= 15 is 0 Å². The number of Topliss-reactive ketones (excluding diaryl/α,β-unsaturated/α-hetero) is 1. The van der Waals surface area contributed by atoms with E-state index in [9.17, 15) is 14.0 Å². The van der Waals surface area contributed by atoms with Crippen LogP contribution in [0.5, 0.6) is 5.75 Å². The third-order valence-corrected chi connectivity index (χ3v) is 4.10. The van der Waals surface area contributed by atoms with Gasteiger partial charge in [0.25, 0.3) is 0 Å². The number of ether oxygens (including phenoxy) is 2. The van der Waals surface area contributed by atoms with Crippen LogP contribution in [-0.4, -0.2) is 30.5 Å². The highest BCUT2D eigenvalue weighted by Crippen LogP contribution is 2.21. The van der Waals surface area contributed by atoms with Crippen molar-refractivity contribution in [3.8, 4) is 11.8 Å². The molecule has 24 heavy (non-hydrogen) atoms. The van der Waals surface area contributed by atoms with E-state index in [0.29, 0.717) is 10.7 Å². The zero-order chi connectivity index (χ0) is 17.7. The maximum Gasteiger partial charge on any atom is 0.341 e. The lowest BCUT2D eigenvalue weighted by atomic mass is 10.1. The number of carbonyl (C=O) groups is 2. The topological polar surface area (TPSA) is 89.3 Å². The standard InChI is InChI=1S/C16H13FN2O4S/c1-9-8-24-15(19-9)12(6-18)14(20)7-23-16(21)11-4-3-10(22-2)5-13(11)17/h3-5,8,12H,7H2,1-2H3/t12-/m1/s1. The van der Waals surface area contributed by atoms with Gasteiger partial charge in [0.15, 0.2) is 18.3 Å². The Hall–Kier alpha value is -2.79. The SMILES string of the molecule is COc1ccc(C(=O)OCC(=O)[C@@H](C#N)c2nc(C)cs2)c(F)c1. The third-order valence-electron chi connectivity index (χ3n) is 3.08. The summed E-state index contributed by atoms with van der Waals surface area (Å²) >= 11 is 1.18. The summed E-state index contributed by atoms with van der Waals surface area (Å²) in [6.45, 7) is 1.10. The molecule has 0 unspecified atom stereocenters. The average molecular weight is 348 g/mol. The quantitative estimate of drug-likeness (QED) is 0.746. The van der Waals surface area contributed by atoms with Gasteiger partial charge >= 0.3 is 5.97 Å². The molecule has 0 radical (unpaired) electrons. The van der Waals surface area contributed by atoms with E-state index in [1.54, 1.807) is 12.3 Å². The summed E-state index contributed by atoms with van der Waals surface area (Å²) in [6, 6.07) is 5.48. The number of hydrogen-bond acceptors (Lipinski definition) is 7. The Balaban J connectivity index is 2.03. The minimum Gasteiger partial charge on any atom is -0.497 e. The highest BCUT2D eigenvalue weighted by atomic mass is 32.1. The molecule has 0 aliphatic carbocycles. The summed E-state index contributed by atoms with van der Waals surface area (Å²) in [5, 5.41) is 11.2. The second kappa shape index (κ2) is 7.66. The molecule has 8 heteroatoms. The number of nitriles is 1. The second-order valence-corrected chi connectivity index (χ2v) is 5.67. The molecular weight excluding hydrogens is 335 g/mol. The molecule has 0 N–H and O–H groups in total. The Morgan fingerprint density at radius 3 is 2.75 bits per heavy atom. The van der Waals surface area contributed by atoms with Gasteiger partial charge < -0.3 is 9.47 Å². The molecule has 0 amide bonds. The van der Waals surface area contributed by atoms with Crippen LogP contribution in [0.1, 0.15) is 27.0 Å². The number of aromatic nitrogens is 1. The van der Waals surface area contributed by atoms with Gasteiger partial charge in [-0.25, -0.2) is 14.2 Å². The number of nitrogens with zero attached hydrogens (tertiary/aromatic N) is 2. The first kappa shape index (κ1) is 17.6. The molecule has 1 heterocycles. The van der Waals surface area contributed by atoms with Crippen molar-refractivity contribution in [2.45, 2.75) is 12.8 Å². The average Bonchev–Trinajstić information content (AvgIpc) is 2.99. The number of methoxy groups -OCH3 is 1. The first-order valence-electron chi connectivity index (χ1n) is 6.81. The van der Waals surface area contributed by atoms with E-state index < -0.39 is 30.1 Å². The lowest BCUT2D eigenvalue weighted by molar-refractivity contribution is -0.122. The minimum atomic E-state index is -1.11. The van der Waals surface area contributed by atoms with Gasteiger partial charge in [-0.15, -0.1) is 11.3 Å². The predicted molar refractivity (Wildman–Crippen MR) is 83.4 cm³/mol. The van der Waals surface area contributed by atoms with Crippen LogP contribution in [0.2, 0.25) is 0 Å². The van der Waals surface area contributed by atoms with Crippen LogP contribution in [0.3, 0.4) is 0 Å².